The highest BCUT2D eigenvalue weighted by Gasteiger charge is 2.42. The molecule has 0 amide bonds. The first-order chi connectivity index (χ1) is 24.6. The molecule has 0 unspecified atom stereocenters. The summed E-state index contributed by atoms with van der Waals surface area (Å²) in [5, 5.41) is 0. The second-order valence-corrected chi connectivity index (χ2v) is 18.3. The van der Waals surface area contributed by atoms with Crippen molar-refractivity contribution in [3.05, 3.63) is 166 Å². The van der Waals surface area contributed by atoms with Gasteiger partial charge in [-0.25, -0.2) is 0 Å². The van der Waals surface area contributed by atoms with Crippen molar-refractivity contribution in [1.82, 2.24) is 0 Å². The molecule has 3 aliphatic rings. The minimum absolute atomic E-state index is 0.0412. The molecule has 262 valence electrons. The average molecular weight is 680 g/mol. The molecule has 0 aliphatic heterocycles. The third-order valence-corrected chi connectivity index (χ3v) is 12.1. The van der Waals surface area contributed by atoms with Crippen LogP contribution in [-0.2, 0) is 21.7 Å². The molecule has 3 aliphatic carbocycles. The molecule has 5 aromatic rings. The minimum Gasteiger partial charge on any atom is -0.309 e. The quantitative estimate of drug-likeness (QED) is 0.183. The summed E-state index contributed by atoms with van der Waals surface area (Å²) in [6.07, 6.45) is 10.1. The van der Waals surface area contributed by atoms with Crippen molar-refractivity contribution in [2.75, 3.05) is 4.90 Å². The molecular formula is C51H53N. The monoisotopic (exact) mass is 679 g/mol. The Balaban J connectivity index is 1.46. The number of benzene rings is 5. The summed E-state index contributed by atoms with van der Waals surface area (Å²) in [4.78, 5) is 2.60. The van der Waals surface area contributed by atoms with Gasteiger partial charge in [0.2, 0.25) is 0 Å². The lowest BCUT2D eigenvalue weighted by Gasteiger charge is -2.40. The van der Waals surface area contributed by atoms with Crippen LogP contribution in [0.15, 0.2) is 133 Å². The van der Waals surface area contributed by atoms with Gasteiger partial charge in [0.25, 0.3) is 0 Å². The van der Waals surface area contributed by atoms with Gasteiger partial charge in [-0.05, 0) is 91.6 Å². The van der Waals surface area contributed by atoms with Crippen LogP contribution in [0.4, 0.5) is 17.1 Å². The average Bonchev–Trinajstić information content (AvgIpc) is 3.22. The fraction of sp³-hybridized carbons (Fsp3) is 0.294. The first-order valence-electron chi connectivity index (χ1n) is 19.1. The van der Waals surface area contributed by atoms with E-state index in [1.807, 2.05) is 0 Å². The maximum absolute atomic E-state index is 2.60. The topological polar surface area (TPSA) is 3.24 Å². The van der Waals surface area contributed by atoms with Crippen molar-refractivity contribution >= 4 is 22.6 Å². The van der Waals surface area contributed by atoms with Crippen molar-refractivity contribution in [3.63, 3.8) is 0 Å². The number of fused-ring (bicyclic) bond motifs is 7. The molecule has 0 radical (unpaired) electrons. The van der Waals surface area contributed by atoms with Crippen LogP contribution in [0.25, 0.3) is 27.8 Å². The lowest BCUT2D eigenvalue weighted by molar-refractivity contribution is 0.580. The third kappa shape index (κ3) is 5.44. The predicted octanol–water partition coefficient (Wildman–Crippen LogP) is 14.3. The molecule has 8 rings (SSSR count). The smallest absolute Gasteiger partial charge is 0.0546 e. The number of hydrogen-bond donors (Lipinski definition) is 0. The Hall–Kier alpha value is -4.88. The normalized spacial score (nSPS) is 16.7. The van der Waals surface area contributed by atoms with E-state index in [0.29, 0.717) is 0 Å². The molecule has 0 heterocycles. The zero-order chi connectivity index (χ0) is 36.8. The van der Waals surface area contributed by atoms with E-state index >= 15 is 0 Å². The molecule has 1 nitrogen and oxygen atoms in total. The van der Waals surface area contributed by atoms with Crippen LogP contribution < -0.4 is 4.90 Å². The van der Waals surface area contributed by atoms with Crippen LogP contribution in [-0.4, -0.2) is 0 Å². The summed E-state index contributed by atoms with van der Waals surface area (Å²) in [7, 11) is 0. The second-order valence-electron chi connectivity index (χ2n) is 18.3. The standard InChI is InChI=1S/C51H53N/c1-48(2,3)36-25-28-40-42(30-36)51(9,10)43-31-38(49(4,5)6)32-45(47(40)43)52(39-26-23-34(24-27-39)33-17-12-11-13-18-33)44-22-16-21-41-46(44)35-19-14-15-20-37(29-35)50(41,7)8/h11-28,30-32H,29H2,1-10H3. The first kappa shape index (κ1) is 34.2. The minimum atomic E-state index is -0.156. The Morgan fingerprint density at radius 2 is 1.17 bits per heavy atom. The lowest BCUT2D eigenvalue weighted by atomic mass is 9.67. The highest BCUT2D eigenvalue weighted by molar-refractivity contribution is 5.99. The molecule has 2 bridgehead atoms. The Kier molecular flexibility index (Phi) is 7.78. The molecule has 52 heavy (non-hydrogen) atoms. The highest BCUT2D eigenvalue weighted by Crippen LogP contribution is 2.58. The Morgan fingerprint density at radius 3 is 1.87 bits per heavy atom. The van der Waals surface area contributed by atoms with Gasteiger partial charge in [-0.3, -0.25) is 0 Å². The fourth-order valence-electron chi connectivity index (χ4n) is 8.77. The summed E-state index contributed by atoms with van der Waals surface area (Å²) in [6, 6.07) is 39.3. The van der Waals surface area contributed by atoms with Gasteiger partial charge < -0.3 is 4.90 Å². The number of anilines is 3. The molecule has 0 saturated heterocycles. The molecule has 0 N–H and O–H groups in total. The Morgan fingerprint density at radius 1 is 0.519 bits per heavy atom. The van der Waals surface area contributed by atoms with Gasteiger partial charge in [-0.15, -0.1) is 0 Å². The SMILES string of the molecule is CC(C)(C)c1ccc2c(c1)C(C)(C)c1cc(C(C)(C)C)cc(N(c3ccc(-c4ccccc4)cc3)c3cccc4c3C3=CC=CC=C(C3)C4(C)C)c1-2. The third-order valence-electron chi connectivity index (χ3n) is 12.1. The van der Waals surface area contributed by atoms with E-state index in [1.54, 1.807) is 0 Å². The number of nitrogens with zero attached hydrogens (tertiary/aromatic N) is 1. The largest absolute Gasteiger partial charge is 0.309 e. The summed E-state index contributed by atoms with van der Waals surface area (Å²) in [5.74, 6) is 0. The van der Waals surface area contributed by atoms with E-state index in [1.165, 1.54) is 83.8 Å². The van der Waals surface area contributed by atoms with Gasteiger partial charge in [-0.1, -0.05) is 178 Å². The van der Waals surface area contributed by atoms with Crippen molar-refractivity contribution in [2.24, 2.45) is 0 Å². The van der Waals surface area contributed by atoms with Crippen molar-refractivity contribution in [2.45, 2.75) is 97.3 Å². The molecule has 0 spiro atoms. The van der Waals surface area contributed by atoms with E-state index in [9.17, 15) is 0 Å². The zero-order valence-corrected chi connectivity index (χ0v) is 32.8. The highest BCUT2D eigenvalue weighted by atomic mass is 15.1. The van der Waals surface area contributed by atoms with Crippen LogP contribution in [0.1, 0.15) is 109 Å². The summed E-state index contributed by atoms with van der Waals surface area (Å²) in [6.45, 7) is 23.7. The van der Waals surface area contributed by atoms with E-state index < -0.39 is 0 Å². The Bertz CT molecular complexity index is 2310. The van der Waals surface area contributed by atoms with Crippen LogP contribution in [0, 0.1) is 0 Å². The van der Waals surface area contributed by atoms with Gasteiger partial charge in [0.05, 0.1) is 11.4 Å². The molecule has 0 aromatic heterocycles. The van der Waals surface area contributed by atoms with Crippen LogP contribution in [0.3, 0.4) is 0 Å². The maximum atomic E-state index is 2.60. The number of hydrogen-bond acceptors (Lipinski definition) is 1. The number of allylic oxidation sites excluding steroid dienone is 6. The maximum Gasteiger partial charge on any atom is 0.0546 e. The van der Waals surface area contributed by atoms with Gasteiger partial charge in [0.1, 0.15) is 0 Å². The fourth-order valence-corrected chi connectivity index (χ4v) is 8.77. The van der Waals surface area contributed by atoms with Gasteiger partial charge in [0.15, 0.2) is 0 Å². The van der Waals surface area contributed by atoms with E-state index in [0.717, 1.165) is 6.42 Å². The van der Waals surface area contributed by atoms with E-state index in [2.05, 4.69) is 202 Å². The van der Waals surface area contributed by atoms with Crippen LogP contribution in [0.5, 0.6) is 0 Å². The van der Waals surface area contributed by atoms with Gasteiger partial charge in [0, 0.05) is 27.6 Å². The molecule has 5 aromatic carbocycles. The molecule has 1 heteroatoms. The molecule has 0 saturated carbocycles. The van der Waals surface area contributed by atoms with E-state index in [-0.39, 0.29) is 21.7 Å². The van der Waals surface area contributed by atoms with Crippen molar-refractivity contribution in [1.29, 1.82) is 0 Å². The van der Waals surface area contributed by atoms with Gasteiger partial charge in [-0.2, -0.15) is 0 Å². The lowest BCUT2D eigenvalue weighted by Crippen LogP contribution is -2.28. The molecule has 0 fully saturated rings. The second kappa shape index (κ2) is 11.8. The van der Waals surface area contributed by atoms with Gasteiger partial charge >= 0.3 is 0 Å². The molecular weight excluding hydrogens is 627 g/mol. The van der Waals surface area contributed by atoms with Crippen molar-refractivity contribution in [3.8, 4) is 22.3 Å². The summed E-state index contributed by atoms with van der Waals surface area (Å²) >= 11 is 0. The summed E-state index contributed by atoms with van der Waals surface area (Å²) in [5.41, 5.74) is 19.8. The Labute approximate surface area is 312 Å². The van der Waals surface area contributed by atoms with E-state index in [4.69, 9.17) is 0 Å². The first-order valence-corrected chi connectivity index (χ1v) is 19.1. The summed E-state index contributed by atoms with van der Waals surface area (Å²) < 4.78 is 0. The van der Waals surface area contributed by atoms with Crippen LogP contribution >= 0.6 is 0 Å². The molecule has 0 atom stereocenters. The van der Waals surface area contributed by atoms with Crippen LogP contribution in [0.2, 0.25) is 0 Å². The predicted molar refractivity (Wildman–Crippen MR) is 224 cm³/mol. The zero-order valence-electron chi connectivity index (χ0n) is 32.8. The number of rotatable bonds is 4. The van der Waals surface area contributed by atoms with Crippen molar-refractivity contribution < 1.29 is 0 Å².